The van der Waals surface area contributed by atoms with Crippen molar-refractivity contribution >= 4 is 21.6 Å². The number of sulfonamides is 1. The Morgan fingerprint density at radius 3 is 2.24 bits per heavy atom. The highest BCUT2D eigenvalue weighted by Crippen LogP contribution is 2.31. The molecule has 25 heavy (non-hydrogen) atoms. The van der Waals surface area contributed by atoms with Gasteiger partial charge in [0.05, 0.1) is 23.8 Å². The molecule has 3 N–H and O–H groups in total. The quantitative estimate of drug-likeness (QED) is 0.748. The fourth-order valence-corrected chi connectivity index (χ4v) is 3.19. The van der Waals surface area contributed by atoms with Crippen molar-refractivity contribution in [3.05, 3.63) is 48.0 Å². The van der Waals surface area contributed by atoms with Crippen LogP contribution in [0.15, 0.2) is 47.4 Å². The van der Waals surface area contributed by atoms with Gasteiger partial charge in [-0.15, -0.1) is 0 Å². The zero-order chi connectivity index (χ0) is 18.4. The maximum atomic E-state index is 12.6. The summed E-state index contributed by atoms with van der Waals surface area (Å²) in [7, 11) is -3.87. The van der Waals surface area contributed by atoms with E-state index in [1.807, 2.05) is 6.92 Å². The van der Waals surface area contributed by atoms with Crippen molar-refractivity contribution in [3.63, 3.8) is 0 Å². The Hall–Kier alpha value is -2.74. The lowest BCUT2D eigenvalue weighted by Gasteiger charge is -2.14. The Morgan fingerprint density at radius 1 is 1.04 bits per heavy atom. The zero-order valence-electron chi connectivity index (χ0n) is 14.0. The Morgan fingerprint density at radius 2 is 1.68 bits per heavy atom. The Labute approximate surface area is 146 Å². The molecule has 1 amide bonds. The van der Waals surface area contributed by atoms with Crippen molar-refractivity contribution in [1.82, 2.24) is 0 Å². The molecule has 0 aromatic heterocycles. The molecule has 2 aromatic rings. The fourth-order valence-electron chi connectivity index (χ4n) is 2.13. The number of amides is 1. The average molecular weight is 364 g/mol. The minimum absolute atomic E-state index is 0.00163. The lowest BCUT2D eigenvalue weighted by atomic mass is 10.2. The molecule has 0 atom stereocenters. The van der Waals surface area contributed by atoms with Crippen LogP contribution in [0.25, 0.3) is 0 Å². The second kappa shape index (κ2) is 7.89. The van der Waals surface area contributed by atoms with Crippen LogP contribution in [-0.4, -0.2) is 27.5 Å². The summed E-state index contributed by atoms with van der Waals surface area (Å²) in [6.45, 7) is 4.47. The second-order valence-corrected chi connectivity index (χ2v) is 6.70. The van der Waals surface area contributed by atoms with Gasteiger partial charge in [0.15, 0.2) is 0 Å². The third kappa shape index (κ3) is 4.63. The van der Waals surface area contributed by atoms with Crippen LogP contribution >= 0.6 is 0 Å². The predicted molar refractivity (Wildman–Crippen MR) is 94.5 cm³/mol. The average Bonchev–Trinajstić information content (AvgIpc) is 2.57. The number of rotatable bonds is 8. The monoisotopic (exact) mass is 364 g/mol. The van der Waals surface area contributed by atoms with Crippen molar-refractivity contribution in [3.8, 4) is 11.5 Å². The maximum Gasteiger partial charge on any atom is 0.262 e. The first-order valence-corrected chi connectivity index (χ1v) is 9.18. The Bertz CT molecular complexity index is 848. The van der Waals surface area contributed by atoms with Crippen LogP contribution in [0.3, 0.4) is 0 Å². The highest BCUT2D eigenvalue weighted by atomic mass is 32.2. The number of anilines is 1. The summed E-state index contributed by atoms with van der Waals surface area (Å²) in [5.74, 6) is 0.288. The summed E-state index contributed by atoms with van der Waals surface area (Å²) < 4.78 is 38.5. The molecule has 0 saturated heterocycles. The number of carbonyl (C=O) groups excluding carboxylic acids is 1. The molecule has 0 saturated carbocycles. The molecule has 0 fully saturated rings. The largest absolute Gasteiger partial charge is 0.494 e. The van der Waals surface area contributed by atoms with Gasteiger partial charge >= 0.3 is 0 Å². The molecule has 7 nitrogen and oxygen atoms in total. The van der Waals surface area contributed by atoms with E-state index in [0.717, 1.165) is 0 Å². The van der Waals surface area contributed by atoms with E-state index in [2.05, 4.69) is 4.72 Å². The van der Waals surface area contributed by atoms with Crippen LogP contribution in [0.4, 0.5) is 5.69 Å². The van der Waals surface area contributed by atoms with E-state index >= 15 is 0 Å². The van der Waals surface area contributed by atoms with Gasteiger partial charge in [-0.05, 0) is 50.2 Å². The number of ether oxygens (including phenoxy) is 2. The van der Waals surface area contributed by atoms with Gasteiger partial charge in [0.25, 0.3) is 10.0 Å². The highest BCUT2D eigenvalue weighted by molar-refractivity contribution is 7.92. The molecular weight excluding hydrogens is 344 g/mol. The number of primary amides is 1. The summed E-state index contributed by atoms with van der Waals surface area (Å²) in [4.78, 5) is 11.1. The molecule has 0 heterocycles. The van der Waals surface area contributed by atoms with E-state index in [9.17, 15) is 13.2 Å². The van der Waals surface area contributed by atoms with Crippen molar-refractivity contribution in [2.24, 2.45) is 5.73 Å². The third-order valence-electron chi connectivity index (χ3n) is 3.26. The molecule has 0 unspecified atom stereocenters. The lowest BCUT2D eigenvalue weighted by Crippen LogP contribution is -2.15. The molecule has 0 spiro atoms. The molecule has 0 aliphatic carbocycles. The molecule has 0 aliphatic heterocycles. The lowest BCUT2D eigenvalue weighted by molar-refractivity contribution is 0.1000. The molecule has 134 valence electrons. The predicted octanol–water partition coefficient (Wildman–Crippen LogP) is 2.38. The van der Waals surface area contributed by atoms with Crippen LogP contribution in [0.1, 0.15) is 24.2 Å². The number of hydrogen-bond acceptors (Lipinski definition) is 5. The van der Waals surface area contributed by atoms with E-state index in [4.69, 9.17) is 15.2 Å². The van der Waals surface area contributed by atoms with Gasteiger partial charge in [-0.25, -0.2) is 8.42 Å². The van der Waals surface area contributed by atoms with E-state index in [1.165, 1.54) is 24.3 Å². The van der Waals surface area contributed by atoms with Gasteiger partial charge in [-0.3, -0.25) is 9.52 Å². The molecule has 2 aromatic carbocycles. The van der Waals surface area contributed by atoms with Crippen LogP contribution < -0.4 is 19.9 Å². The summed E-state index contributed by atoms with van der Waals surface area (Å²) in [6.07, 6.45) is 0. The van der Waals surface area contributed by atoms with Gasteiger partial charge in [0.2, 0.25) is 5.91 Å². The number of hydrogen-bond donors (Lipinski definition) is 2. The van der Waals surface area contributed by atoms with E-state index < -0.39 is 15.9 Å². The maximum absolute atomic E-state index is 12.6. The van der Waals surface area contributed by atoms with E-state index in [-0.39, 0.29) is 16.1 Å². The Kier molecular flexibility index (Phi) is 5.87. The van der Waals surface area contributed by atoms with Crippen molar-refractivity contribution in [2.75, 3.05) is 17.9 Å². The van der Waals surface area contributed by atoms with Crippen LogP contribution in [0.5, 0.6) is 11.5 Å². The summed E-state index contributed by atoms with van der Waals surface area (Å²) in [5, 5.41) is 0. The molecular formula is C17H20N2O5S. The van der Waals surface area contributed by atoms with Crippen LogP contribution in [0.2, 0.25) is 0 Å². The first kappa shape index (κ1) is 18.6. The molecule has 8 heteroatoms. The van der Waals surface area contributed by atoms with Crippen molar-refractivity contribution in [2.45, 2.75) is 18.7 Å². The van der Waals surface area contributed by atoms with Gasteiger partial charge in [-0.2, -0.15) is 0 Å². The number of carbonyl (C=O) groups is 1. The van der Waals surface area contributed by atoms with Crippen molar-refractivity contribution in [1.29, 1.82) is 0 Å². The van der Waals surface area contributed by atoms with E-state index in [0.29, 0.717) is 24.7 Å². The highest BCUT2D eigenvalue weighted by Gasteiger charge is 2.18. The van der Waals surface area contributed by atoms with Gasteiger partial charge < -0.3 is 15.2 Å². The molecule has 0 radical (unpaired) electrons. The molecule has 2 rings (SSSR count). The number of benzene rings is 2. The Balaban J connectivity index is 2.35. The minimum atomic E-state index is -3.87. The summed E-state index contributed by atoms with van der Waals surface area (Å²) in [5.41, 5.74) is 5.66. The van der Waals surface area contributed by atoms with Gasteiger partial charge in [-0.1, -0.05) is 0 Å². The smallest absolute Gasteiger partial charge is 0.262 e. The third-order valence-corrected chi connectivity index (χ3v) is 4.64. The summed E-state index contributed by atoms with van der Waals surface area (Å²) >= 11 is 0. The number of nitrogens with two attached hydrogens (primary N) is 1. The normalized spacial score (nSPS) is 11.0. The van der Waals surface area contributed by atoms with Crippen molar-refractivity contribution < 1.29 is 22.7 Å². The first-order valence-electron chi connectivity index (χ1n) is 7.69. The zero-order valence-corrected chi connectivity index (χ0v) is 14.8. The summed E-state index contributed by atoms with van der Waals surface area (Å²) in [6, 6.07) is 10.2. The minimum Gasteiger partial charge on any atom is -0.494 e. The van der Waals surface area contributed by atoms with Crippen LogP contribution in [-0.2, 0) is 10.0 Å². The van der Waals surface area contributed by atoms with E-state index in [1.54, 1.807) is 25.1 Å². The second-order valence-electron chi connectivity index (χ2n) is 5.02. The van der Waals surface area contributed by atoms with Crippen LogP contribution in [0, 0.1) is 0 Å². The first-order chi connectivity index (χ1) is 11.9. The van der Waals surface area contributed by atoms with Gasteiger partial charge in [0, 0.05) is 11.6 Å². The molecule has 0 bridgehead atoms. The fraction of sp³-hybridized carbons (Fsp3) is 0.235. The van der Waals surface area contributed by atoms with Gasteiger partial charge in [0.1, 0.15) is 11.5 Å². The molecule has 0 aliphatic rings. The topological polar surface area (TPSA) is 108 Å². The standard InChI is InChI=1S/C17H20N2O5S/c1-3-23-13-7-10-16(24-4-2)15(11-13)19-25(21,22)14-8-5-12(6-9-14)17(18)20/h5-11,19H,3-4H2,1-2H3,(H2,18,20). The number of nitrogens with one attached hydrogen (secondary N) is 1. The SMILES string of the molecule is CCOc1ccc(OCC)c(NS(=O)(=O)c2ccc(C(N)=O)cc2)c1.